The number of aliphatic imine (C=N–C) groups is 1. The highest BCUT2D eigenvalue weighted by atomic mass is 35.5. The van der Waals surface area contributed by atoms with Gasteiger partial charge in [-0.25, -0.2) is 4.99 Å². The Morgan fingerprint density at radius 2 is 2.00 bits per heavy atom. The van der Waals surface area contributed by atoms with Crippen molar-refractivity contribution < 1.29 is 4.42 Å². The second kappa shape index (κ2) is 7.30. The first kappa shape index (κ1) is 17.8. The normalized spacial score (nSPS) is 23.7. The summed E-state index contributed by atoms with van der Waals surface area (Å²) in [6.07, 6.45) is 2.92. The molecule has 142 valence electrons. The number of fused-ring (bicyclic) bond motifs is 1. The van der Waals surface area contributed by atoms with Gasteiger partial charge in [-0.3, -0.25) is 4.98 Å². The molecule has 2 aliphatic rings. The first-order valence-electron chi connectivity index (χ1n) is 9.50. The number of furan rings is 1. The molecule has 28 heavy (non-hydrogen) atoms. The molecule has 3 aromatic rings. The number of nitrogens with zero attached hydrogens (tertiary/aromatic N) is 3. The van der Waals surface area contributed by atoms with E-state index in [2.05, 4.69) is 28.9 Å². The molecule has 0 unspecified atom stereocenters. The number of amidine groups is 1. The highest BCUT2D eigenvalue weighted by Crippen LogP contribution is 2.49. The number of benzene rings is 1. The Labute approximate surface area is 173 Å². The Morgan fingerprint density at radius 1 is 1.14 bits per heavy atom. The van der Waals surface area contributed by atoms with Crippen molar-refractivity contribution >= 4 is 28.5 Å². The molecular weight excluding hydrogens is 390 g/mol. The molecule has 2 aromatic heterocycles. The molecule has 0 aliphatic carbocycles. The molecule has 2 aliphatic heterocycles. The van der Waals surface area contributed by atoms with Gasteiger partial charge in [0, 0.05) is 28.6 Å². The van der Waals surface area contributed by atoms with Crippen LogP contribution in [-0.4, -0.2) is 26.8 Å². The van der Waals surface area contributed by atoms with Crippen LogP contribution in [-0.2, 0) is 0 Å². The van der Waals surface area contributed by atoms with Crippen molar-refractivity contribution in [2.75, 3.05) is 5.75 Å². The Morgan fingerprint density at radius 3 is 2.75 bits per heavy atom. The SMILES string of the molecule is CC[C@@H]1CSC2=N[C@@H](c3ccccn3)[C@@H](c3ccc(-c4ccc(Cl)cc4)o3)N21. The monoisotopic (exact) mass is 409 g/mol. The molecule has 5 rings (SSSR count). The van der Waals surface area contributed by atoms with Crippen LogP contribution in [0, 0.1) is 0 Å². The zero-order chi connectivity index (χ0) is 19.1. The standard InChI is InChI=1S/C22H20ClN3OS/c1-2-16-13-28-22-25-20(17-5-3-4-12-24-17)21(26(16)22)19-11-10-18(27-19)14-6-8-15(23)9-7-14/h3-12,16,20-21H,2,13H2,1H3/t16-,20+,21-/m1/s1. The van der Waals surface area contributed by atoms with Crippen LogP contribution in [0.1, 0.15) is 36.9 Å². The van der Waals surface area contributed by atoms with Gasteiger partial charge < -0.3 is 9.32 Å². The molecule has 0 bridgehead atoms. The minimum atomic E-state index is -0.0535. The highest BCUT2D eigenvalue weighted by molar-refractivity contribution is 8.14. The summed E-state index contributed by atoms with van der Waals surface area (Å²) >= 11 is 7.87. The first-order chi connectivity index (χ1) is 13.7. The van der Waals surface area contributed by atoms with Gasteiger partial charge in [0.15, 0.2) is 5.17 Å². The third-order valence-corrected chi connectivity index (χ3v) is 6.75. The quantitative estimate of drug-likeness (QED) is 0.532. The molecule has 4 nitrogen and oxygen atoms in total. The van der Waals surface area contributed by atoms with E-state index in [0.717, 1.165) is 45.1 Å². The van der Waals surface area contributed by atoms with Gasteiger partial charge in [-0.2, -0.15) is 0 Å². The lowest BCUT2D eigenvalue weighted by atomic mass is 10.0. The summed E-state index contributed by atoms with van der Waals surface area (Å²) in [6.45, 7) is 2.24. The van der Waals surface area contributed by atoms with E-state index in [1.54, 1.807) is 0 Å². The molecule has 3 atom stereocenters. The van der Waals surface area contributed by atoms with Crippen LogP contribution in [0.5, 0.6) is 0 Å². The minimum absolute atomic E-state index is 0.0332. The summed E-state index contributed by atoms with van der Waals surface area (Å²) in [5.41, 5.74) is 2.00. The maximum absolute atomic E-state index is 6.35. The fraction of sp³-hybridized carbons (Fsp3) is 0.273. The van der Waals surface area contributed by atoms with Gasteiger partial charge in [0.1, 0.15) is 23.6 Å². The maximum Gasteiger partial charge on any atom is 0.161 e. The third kappa shape index (κ3) is 3.03. The molecule has 0 amide bonds. The van der Waals surface area contributed by atoms with Gasteiger partial charge in [-0.05, 0) is 55.0 Å². The average molecular weight is 410 g/mol. The van der Waals surface area contributed by atoms with Crippen molar-refractivity contribution in [2.45, 2.75) is 31.5 Å². The van der Waals surface area contributed by atoms with E-state index in [1.165, 1.54) is 0 Å². The lowest BCUT2D eigenvalue weighted by Gasteiger charge is -2.30. The molecule has 1 aromatic carbocycles. The summed E-state index contributed by atoms with van der Waals surface area (Å²) in [7, 11) is 0. The second-order valence-electron chi connectivity index (χ2n) is 7.05. The van der Waals surface area contributed by atoms with Crippen molar-refractivity contribution in [3.8, 4) is 11.3 Å². The number of hydrogen-bond donors (Lipinski definition) is 0. The van der Waals surface area contributed by atoms with Gasteiger partial charge in [0.2, 0.25) is 0 Å². The number of pyridine rings is 1. The zero-order valence-electron chi connectivity index (χ0n) is 15.5. The Kier molecular flexibility index (Phi) is 4.65. The van der Waals surface area contributed by atoms with Gasteiger partial charge in [-0.1, -0.05) is 36.4 Å². The van der Waals surface area contributed by atoms with Crippen LogP contribution >= 0.6 is 23.4 Å². The first-order valence-corrected chi connectivity index (χ1v) is 10.9. The second-order valence-corrected chi connectivity index (χ2v) is 8.47. The average Bonchev–Trinajstić information content (AvgIpc) is 3.44. The van der Waals surface area contributed by atoms with Crippen LogP contribution < -0.4 is 0 Å². The lowest BCUT2D eigenvalue weighted by Crippen LogP contribution is -2.35. The van der Waals surface area contributed by atoms with Gasteiger partial charge in [-0.15, -0.1) is 0 Å². The number of rotatable bonds is 4. The van der Waals surface area contributed by atoms with E-state index in [9.17, 15) is 0 Å². The van der Waals surface area contributed by atoms with Crippen LogP contribution in [0.25, 0.3) is 11.3 Å². The molecule has 6 heteroatoms. The van der Waals surface area contributed by atoms with Gasteiger partial charge in [0.05, 0.1) is 5.69 Å². The van der Waals surface area contributed by atoms with Crippen LogP contribution in [0.4, 0.5) is 0 Å². The summed E-state index contributed by atoms with van der Waals surface area (Å²) in [5.74, 6) is 2.85. The van der Waals surface area contributed by atoms with E-state index >= 15 is 0 Å². The molecule has 0 spiro atoms. The van der Waals surface area contributed by atoms with Crippen LogP contribution in [0.2, 0.25) is 5.02 Å². The Hall–Kier alpha value is -2.24. The highest BCUT2D eigenvalue weighted by Gasteiger charge is 2.46. The molecule has 0 radical (unpaired) electrons. The lowest BCUT2D eigenvalue weighted by molar-refractivity contribution is 0.226. The molecule has 1 saturated heterocycles. The number of hydrogen-bond acceptors (Lipinski definition) is 5. The number of thioether (sulfide) groups is 1. The molecule has 0 N–H and O–H groups in total. The van der Waals surface area contributed by atoms with Crippen LogP contribution in [0.3, 0.4) is 0 Å². The van der Waals surface area contributed by atoms with E-state index in [0.29, 0.717) is 6.04 Å². The zero-order valence-corrected chi connectivity index (χ0v) is 17.0. The van der Waals surface area contributed by atoms with E-state index in [1.807, 2.05) is 60.4 Å². The van der Waals surface area contributed by atoms with Crippen LogP contribution in [0.15, 0.2) is 70.2 Å². The van der Waals surface area contributed by atoms with Crippen molar-refractivity contribution in [1.29, 1.82) is 0 Å². The Bertz CT molecular complexity index is 1000. The topological polar surface area (TPSA) is 41.6 Å². The minimum Gasteiger partial charge on any atom is -0.459 e. The summed E-state index contributed by atoms with van der Waals surface area (Å²) in [4.78, 5) is 12.1. The third-order valence-electron chi connectivity index (χ3n) is 5.38. The summed E-state index contributed by atoms with van der Waals surface area (Å²) < 4.78 is 6.35. The molecule has 1 fully saturated rings. The van der Waals surface area contributed by atoms with E-state index < -0.39 is 0 Å². The van der Waals surface area contributed by atoms with E-state index in [4.69, 9.17) is 21.0 Å². The predicted molar refractivity (Wildman–Crippen MR) is 115 cm³/mol. The fourth-order valence-corrected chi connectivity index (χ4v) is 5.40. The maximum atomic E-state index is 6.35. The van der Waals surface area contributed by atoms with Crippen molar-refractivity contribution in [2.24, 2.45) is 4.99 Å². The summed E-state index contributed by atoms with van der Waals surface area (Å²) in [5, 5.41) is 1.83. The van der Waals surface area contributed by atoms with Crippen molar-refractivity contribution in [1.82, 2.24) is 9.88 Å². The smallest absolute Gasteiger partial charge is 0.161 e. The fourth-order valence-electron chi connectivity index (χ4n) is 3.94. The Balaban J connectivity index is 1.55. The molecule has 0 saturated carbocycles. The van der Waals surface area contributed by atoms with Crippen molar-refractivity contribution in [3.05, 3.63) is 77.3 Å². The number of aromatic nitrogens is 1. The molecular formula is C22H20ClN3OS. The largest absolute Gasteiger partial charge is 0.459 e. The van der Waals surface area contributed by atoms with Gasteiger partial charge in [0.25, 0.3) is 0 Å². The van der Waals surface area contributed by atoms with E-state index in [-0.39, 0.29) is 12.1 Å². The predicted octanol–water partition coefficient (Wildman–Crippen LogP) is 5.97. The summed E-state index contributed by atoms with van der Waals surface area (Å²) in [6, 6.07) is 18.3. The van der Waals surface area contributed by atoms with Gasteiger partial charge >= 0.3 is 0 Å². The molecule has 4 heterocycles. The van der Waals surface area contributed by atoms with Crippen molar-refractivity contribution in [3.63, 3.8) is 0 Å². The number of halogens is 1.